The monoisotopic (exact) mass is 436 g/mol. The Morgan fingerprint density at radius 2 is 1.70 bits per heavy atom. The normalized spacial score (nSPS) is 12.8. The average Bonchev–Trinajstić information content (AvgIpc) is 3.70. The van der Waals surface area contributed by atoms with Crippen LogP contribution in [0.3, 0.4) is 0 Å². The maximum Gasteiger partial charge on any atom is 0.337 e. The molecule has 1 heterocycles. The number of carboxylic acids is 1. The molecule has 1 fully saturated rings. The first-order valence-corrected chi connectivity index (χ1v) is 11.0. The molecule has 0 atom stereocenters. The summed E-state index contributed by atoms with van der Waals surface area (Å²) in [5, 5.41) is 13.0. The molecule has 1 aliphatic carbocycles. The molecule has 0 bridgehead atoms. The largest absolute Gasteiger partial charge is 0.478 e. The molecule has 2 N–H and O–H groups in total. The van der Waals surface area contributed by atoms with Gasteiger partial charge in [-0.05, 0) is 53.6 Å². The number of hydrogen-bond donors (Lipinski definition) is 2. The Labute approximate surface area is 192 Å². The molecule has 1 aromatic heterocycles. The van der Waals surface area contributed by atoms with E-state index in [1.807, 2.05) is 78.9 Å². The predicted octanol–water partition coefficient (Wildman–Crippen LogP) is 6.65. The van der Waals surface area contributed by atoms with Crippen molar-refractivity contribution in [3.8, 4) is 17.0 Å². The van der Waals surface area contributed by atoms with Gasteiger partial charge in [-0.15, -0.1) is 0 Å². The number of pyridine rings is 1. The van der Waals surface area contributed by atoms with Gasteiger partial charge in [0.25, 0.3) is 0 Å². The van der Waals surface area contributed by atoms with Gasteiger partial charge in [-0.3, -0.25) is 0 Å². The minimum atomic E-state index is -0.945. The molecule has 0 aliphatic heterocycles. The third kappa shape index (κ3) is 4.88. The van der Waals surface area contributed by atoms with Crippen molar-refractivity contribution in [2.75, 3.05) is 5.32 Å². The van der Waals surface area contributed by atoms with E-state index in [9.17, 15) is 9.90 Å². The van der Waals surface area contributed by atoms with Gasteiger partial charge in [-0.2, -0.15) is 0 Å². The molecule has 4 aromatic rings. The van der Waals surface area contributed by atoms with E-state index >= 15 is 0 Å². The number of anilines is 2. The van der Waals surface area contributed by atoms with Crippen LogP contribution in [0.2, 0.25) is 0 Å². The summed E-state index contributed by atoms with van der Waals surface area (Å²) in [6.45, 7) is 0.409. The summed E-state index contributed by atoms with van der Waals surface area (Å²) in [4.78, 5) is 16.5. The molecule has 0 radical (unpaired) electrons. The van der Waals surface area contributed by atoms with Crippen LogP contribution in [0.15, 0.2) is 91.1 Å². The van der Waals surface area contributed by atoms with Crippen molar-refractivity contribution < 1.29 is 14.6 Å². The van der Waals surface area contributed by atoms with Crippen LogP contribution in [0.4, 0.5) is 11.4 Å². The molecule has 5 heteroatoms. The van der Waals surface area contributed by atoms with Gasteiger partial charge in [0.2, 0.25) is 5.88 Å². The van der Waals surface area contributed by atoms with E-state index in [4.69, 9.17) is 4.74 Å². The fourth-order valence-corrected chi connectivity index (χ4v) is 3.86. The molecular formula is C28H24N2O3. The van der Waals surface area contributed by atoms with Gasteiger partial charge >= 0.3 is 5.97 Å². The lowest BCUT2D eigenvalue weighted by Gasteiger charge is -2.15. The van der Waals surface area contributed by atoms with E-state index in [0.717, 1.165) is 35.1 Å². The maximum atomic E-state index is 11.9. The first-order chi connectivity index (χ1) is 16.2. The summed E-state index contributed by atoms with van der Waals surface area (Å²) >= 11 is 0. The van der Waals surface area contributed by atoms with Crippen LogP contribution in [0.5, 0.6) is 5.88 Å². The van der Waals surface area contributed by atoms with Crippen LogP contribution >= 0.6 is 0 Å². The van der Waals surface area contributed by atoms with Gasteiger partial charge < -0.3 is 15.2 Å². The van der Waals surface area contributed by atoms with Crippen LogP contribution in [-0.4, -0.2) is 16.1 Å². The Balaban J connectivity index is 1.46. The van der Waals surface area contributed by atoms with Crippen molar-refractivity contribution >= 4 is 17.3 Å². The number of aromatic carboxylic acids is 1. The summed E-state index contributed by atoms with van der Waals surface area (Å²) in [7, 11) is 0. The fraction of sp³-hybridized carbons (Fsp3) is 0.143. The number of hydrogen-bond acceptors (Lipinski definition) is 4. The summed E-state index contributed by atoms with van der Waals surface area (Å²) < 4.78 is 6.06. The topological polar surface area (TPSA) is 71.5 Å². The van der Waals surface area contributed by atoms with Crippen molar-refractivity contribution in [2.24, 2.45) is 0 Å². The zero-order valence-corrected chi connectivity index (χ0v) is 18.1. The van der Waals surface area contributed by atoms with Gasteiger partial charge in [-0.1, -0.05) is 66.7 Å². The standard InChI is InChI=1S/C28H24N2O3/c31-28(32)25-15-22(20-11-12-20)13-14-26(25)30-23-16-24(21-9-5-2-6-10-21)27(29-17-23)33-18-19-7-3-1-4-8-19/h1-10,13-17,20,30H,11-12,18H2,(H,31,32). The summed E-state index contributed by atoms with van der Waals surface area (Å²) in [5.41, 5.74) is 5.47. The molecule has 1 saturated carbocycles. The van der Waals surface area contributed by atoms with Gasteiger partial charge in [-0.25, -0.2) is 9.78 Å². The molecule has 0 amide bonds. The zero-order valence-electron chi connectivity index (χ0n) is 18.1. The number of ether oxygens (including phenoxy) is 1. The fourth-order valence-electron chi connectivity index (χ4n) is 3.86. The van der Waals surface area contributed by atoms with E-state index < -0.39 is 5.97 Å². The molecule has 164 valence electrons. The quantitative estimate of drug-likeness (QED) is 0.324. The second kappa shape index (κ2) is 9.17. The minimum Gasteiger partial charge on any atom is -0.478 e. The molecule has 0 spiro atoms. The number of carboxylic acid groups (broad SMARTS) is 1. The van der Waals surface area contributed by atoms with E-state index in [2.05, 4.69) is 10.3 Å². The molecule has 1 aliphatic rings. The van der Waals surface area contributed by atoms with Crippen molar-refractivity contribution in [2.45, 2.75) is 25.4 Å². The van der Waals surface area contributed by atoms with Crippen molar-refractivity contribution in [1.29, 1.82) is 0 Å². The summed E-state index contributed by atoms with van der Waals surface area (Å²) in [5.74, 6) is 0.0711. The smallest absolute Gasteiger partial charge is 0.337 e. The third-order valence-electron chi connectivity index (χ3n) is 5.76. The number of aromatic nitrogens is 1. The molecular weight excluding hydrogens is 412 g/mol. The van der Waals surface area contributed by atoms with E-state index in [1.165, 1.54) is 0 Å². The molecule has 3 aromatic carbocycles. The number of nitrogens with one attached hydrogen (secondary N) is 1. The predicted molar refractivity (Wildman–Crippen MR) is 129 cm³/mol. The van der Waals surface area contributed by atoms with Gasteiger partial charge in [0, 0.05) is 5.56 Å². The molecule has 0 saturated heterocycles. The number of benzene rings is 3. The van der Waals surface area contributed by atoms with Crippen LogP contribution < -0.4 is 10.1 Å². The average molecular weight is 437 g/mol. The lowest BCUT2D eigenvalue weighted by atomic mass is 10.0. The van der Waals surface area contributed by atoms with E-state index in [1.54, 1.807) is 12.3 Å². The highest BCUT2D eigenvalue weighted by molar-refractivity contribution is 5.95. The Morgan fingerprint density at radius 1 is 0.970 bits per heavy atom. The van der Waals surface area contributed by atoms with Crippen LogP contribution in [-0.2, 0) is 6.61 Å². The van der Waals surface area contributed by atoms with Crippen molar-refractivity contribution in [3.63, 3.8) is 0 Å². The SMILES string of the molecule is O=C(O)c1cc(C2CC2)ccc1Nc1cnc(OCc2ccccc2)c(-c2ccccc2)c1. The van der Waals surface area contributed by atoms with Crippen LogP contribution in [0, 0.1) is 0 Å². The molecule has 5 nitrogen and oxygen atoms in total. The maximum absolute atomic E-state index is 11.9. The second-order valence-electron chi connectivity index (χ2n) is 8.23. The molecule has 5 rings (SSSR count). The molecule has 33 heavy (non-hydrogen) atoms. The van der Waals surface area contributed by atoms with Crippen LogP contribution in [0.25, 0.3) is 11.1 Å². The highest BCUT2D eigenvalue weighted by Crippen LogP contribution is 2.41. The Kier molecular flexibility index (Phi) is 5.77. The summed E-state index contributed by atoms with van der Waals surface area (Å²) in [6.07, 6.45) is 3.93. The summed E-state index contributed by atoms with van der Waals surface area (Å²) in [6, 6.07) is 27.4. The van der Waals surface area contributed by atoms with E-state index in [0.29, 0.717) is 29.8 Å². The highest BCUT2D eigenvalue weighted by Gasteiger charge is 2.25. The first-order valence-electron chi connectivity index (χ1n) is 11.0. The number of carbonyl (C=O) groups is 1. The van der Waals surface area contributed by atoms with Crippen molar-refractivity contribution in [1.82, 2.24) is 4.98 Å². The van der Waals surface area contributed by atoms with Crippen LogP contribution in [0.1, 0.15) is 40.2 Å². The van der Waals surface area contributed by atoms with Gasteiger partial charge in [0.05, 0.1) is 23.1 Å². The Bertz CT molecular complexity index is 1270. The zero-order chi connectivity index (χ0) is 22.6. The van der Waals surface area contributed by atoms with Gasteiger partial charge in [0.15, 0.2) is 0 Å². The lowest BCUT2D eigenvalue weighted by Crippen LogP contribution is -2.05. The third-order valence-corrected chi connectivity index (χ3v) is 5.76. The van der Waals surface area contributed by atoms with Crippen molar-refractivity contribution in [3.05, 3.63) is 108 Å². The molecule has 0 unspecified atom stereocenters. The highest BCUT2D eigenvalue weighted by atomic mass is 16.5. The van der Waals surface area contributed by atoms with E-state index in [-0.39, 0.29) is 5.56 Å². The first kappa shape index (κ1) is 20.8. The second-order valence-corrected chi connectivity index (χ2v) is 8.23. The van der Waals surface area contributed by atoms with Gasteiger partial charge in [0.1, 0.15) is 6.61 Å². The number of rotatable bonds is 8. The Morgan fingerprint density at radius 3 is 2.39 bits per heavy atom. The lowest BCUT2D eigenvalue weighted by molar-refractivity contribution is 0.0698. The number of nitrogens with zero attached hydrogens (tertiary/aromatic N) is 1. The Hall–Kier alpha value is -4.12. The minimum absolute atomic E-state index is 0.269.